The number of nitrogen functional groups attached to an aromatic ring is 1. The highest BCUT2D eigenvalue weighted by Crippen LogP contribution is 2.29. The summed E-state index contributed by atoms with van der Waals surface area (Å²) in [5, 5.41) is 21.3. The van der Waals surface area contributed by atoms with E-state index in [0.717, 1.165) is 25.1 Å². The molecule has 3 heterocycles. The standard InChI is InChI=1S/C25H22N8O2.H2/c26-14-18-13-17(25(34)33-11-4-9-28-10-12-33)7-8-19(18)20-15-29-22(27)21(30-20)24-32-31-23(35-24)16-5-2-1-3-6-16;/h1-3,5-8,13,15,28H,4,9-12H2,(H2,27,29);1H. The van der Waals surface area contributed by atoms with Crippen LogP contribution in [0.4, 0.5) is 5.82 Å². The van der Waals surface area contributed by atoms with Crippen LogP contribution in [-0.2, 0) is 0 Å². The van der Waals surface area contributed by atoms with Gasteiger partial charge in [-0.05, 0) is 37.2 Å². The van der Waals surface area contributed by atoms with Crippen molar-refractivity contribution >= 4 is 11.7 Å². The van der Waals surface area contributed by atoms with Crippen molar-refractivity contribution in [3.05, 3.63) is 65.9 Å². The summed E-state index contributed by atoms with van der Waals surface area (Å²) in [4.78, 5) is 23.6. The SMILES string of the molecule is N#Cc1cc(C(=O)N2CCCNCC2)ccc1-c1cnc(N)c(-c2nnc(-c3ccccc3)o2)n1.[HH]. The minimum atomic E-state index is -0.0971. The van der Waals surface area contributed by atoms with E-state index in [9.17, 15) is 10.1 Å². The van der Waals surface area contributed by atoms with E-state index in [1.54, 1.807) is 23.1 Å². The lowest BCUT2D eigenvalue weighted by Gasteiger charge is -2.20. The number of hydrogen-bond donors (Lipinski definition) is 2. The second kappa shape index (κ2) is 9.70. The third-order valence-electron chi connectivity index (χ3n) is 5.74. The Morgan fingerprint density at radius 1 is 1.11 bits per heavy atom. The van der Waals surface area contributed by atoms with Crippen molar-refractivity contribution in [2.75, 3.05) is 31.9 Å². The van der Waals surface area contributed by atoms with Crippen molar-refractivity contribution in [1.29, 1.82) is 5.26 Å². The average molecular weight is 469 g/mol. The first kappa shape index (κ1) is 22.2. The van der Waals surface area contributed by atoms with E-state index in [-0.39, 0.29) is 24.7 Å². The first-order valence-corrected chi connectivity index (χ1v) is 11.2. The molecule has 0 unspecified atom stereocenters. The van der Waals surface area contributed by atoms with E-state index >= 15 is 0 Å². The second-order valence-corrected chi connectivity index (χ2v) is 8.04. The van der Waals surface area contributed by atoms with Crippen molar-refractivity contribution in [1.82, 2.24) is 30.4 Å². The summed E-state index contributed by atoms with van der Waals surface area (Å²) >= 11 is 0. The summed E-state index contributed by atoms with van der Waals surface area (Å²) < 4.78 is 5.79. The number of hydrogen-bond acceptors (Lipinski definition) is 9. The smallest absolute Gasteiger partial charge is 0.270 e. The molecule has 4 aromatic rings. The zero-order valence-electron chi connectivity index (χ0n) is 18.8. The number of benzene rings is 2. The van der Waals surface area contributed by atoms with E-state index in [2.05, 4.69) is 31.6 Å². The predicted molar refractivity (Wildman–Crippen MR) is 131 cm³/mol. The van der Waals surface area contributed by atoms with Crippen molar-refractivity contribution in [2.45, 2.75) is 6.42 Å². The quantitative estimate of drug-likeness (QED) is 0.461. The number of rotatable bonds is 4. The summed E-state index contributed by atoms with van der Waals surface area (Å²) in [6.45, 7) is 2.94. The number of carbonyl (C=O) groups is 1. The van der Waals surface area contributed by atoms with E-state index in [0.29, 0.717) is 41.4 Å². The highest BCUT2D eigenvalue weighted by atomic mass is 16.4. The van der Waals surface area contributed by atoms with Gasteiger partial charge < -0.3 is 20.4 Å². The van der Waals surface area contributed by atoms with Gasteiger partial charge in [0, 0.05) is 37.8 Å². The normalized spacial score (nSPS) is 13.7. The molecule has 10 nitrogen and oxygen atoms in total. The van der Waals surface area contributed by atoms with Crippen LogP contribution in [0, 0.1) is 11.3 Å². The molecule has 35 heavy (non-hydrogen) atoms. The Bertz CT molecular complexity index is 1410. The lowest BCUT2D eigenvalue weighted by Crippen LogP contribution is -2.34. The van der Waals surface area contributed by atoms with Gasteiger partial charge in [-0.3, -0.25) is 4.79 Å². The molecular weight excluding hydrogens is 444 g/mol. The van der Waals surface area contributed by atoms with Crippen LogP contribution in [-0.4, -0.2) is 57.2 Å². The Morgan fingerprint density at radius 2 is 1.94 bits per heavy atom. The molecule has 2 aromatic heterocycles. The van der Waals surface area contributed by atoms with Gasteiger partial charge in [0.1, 0.15) is 0 Å². The summed E-state index contributed by atoms with van der Waals surface area (Å²) in [5.41, 5.74) is 8.74. The molecule has 5 rings (SSSR count). The Balaban J connectivity index is 0.00000304. The van der Waals surface area contributed by atoms with Gasteiger partial charge in [-0.1, -0.05) is 24.3 Å². The van der Waals surface area contributed by atoms with E-state index < -0.39 is 0 Å². The third-order valence-corrected chi connectivity index (χ3v) is 5.74. The van der Waals surface area contributed by atoms with Crippen LogP contribution in [0.5, 0.6) is 0 Å². The van der Waals surface area contributed by atoms with Gasteiger partial charge in [-0.25, -0.2) is 9.97 Å². The Morgan fingerprint density at radius 3 is 2.77 bits per heavy atom. The van der Waals surface area contributed by atoms with Gasteiger partial charge in [-0.2, -0.15) is 5.26 Å². The van der Waals surface area contributed by atoms with Crippen LogP contribution in [0.25, 0.3) is 34.3 Å². The van der Waals surface area contributed by atoms with Crippen LogP contribution in [0.15, 0.2) is 59.1 Å². The molecule has 0 spiro atoms. The maximum absolute atomic E-state index is 13.0. The highest BCUT2D eigenvalue weighted by molar-refractivity contribution is 5.95. The number of nitrogens with two attached hydrogens (primary N) is 1. The molecule has 1 amide bonds. The molecular formula is C25H24N8O2. The molecule has 2 aromatic carbocycles. The van der Waals surface area contributed by atoms with Crippen LogP contribution < -0.4 is 11.1 Å². The number of nitrogens with zero attached hydrogens (tertiary/aromatic N) is 6. The molecule has 1 fully saturated rings. The molecule has 10 heteroatoms. The van der Waals surface area contributed by atoms with E-state index in [1.165, 1.54) is 6.20 Å². The Kier molecular flexibility index (Phi) is 6.15. The zero-order chi connectivity index (χ0) is 24.2. The Labute approximate surface area is 202 Å². The number of aromatic nitrogens is 4. The molecule has 1 aliphatic rings. The maximum Gasteiger partial charge on any atom is 0.270 e. The monoisotopic (exact) mass is 468 g/mol. The maximum atomic E-state index is 13.0. The number of nitrogens with one attached hydrogen (secondary N) is 1. The topological polar surface area (TPSA) is 147 Å². The summed E-state index contributed by atoms with van der Waals surface area (Å²) in [5.74, 6) is 0.476. The molecule has 0 saturated carbocycles. The van der Waals surface area contributed by atoms with Crippen molar-refractivity contribution in [2.24, 2.45) is 0 Å². The van der Waals surface area contributed by atoms with Gasteiger partial charge in [0.15, 0.2) is 11.5 Å². The van der Waals surface area contributed by atoms with Gasteiger partial charge in [-0.15, -0.1) is 10.2 Å². The summed E-state index contributed by atoms with van der Waals surface area (Å²) in [6.07, 6.45) is 2.37. The first-order valence-electron chi connectivity index (χ1n) is 11.2. The predicted octanol–water partition coefficient (Wildman–Crippen LogP) is 3.00. The van der Waals surface area contributed by atoms with Gasteiger partial charge in [0.2, 0.25) is 5.89 Å². The van der Waals surface area contributed by atoms with Crippen LogP contribution in [0.3, 0.4) is 0 Å². The highest BCUT2D eigenvalue weighted by Gasteiger charge is 2.21. The van der Waals surface area contributed by atoms with Crippen LogP contribution >= 0.6 is 0 Å². The zero-order valence-corrected chi connectivity index (χ0v) is 18.8. The van der Waals surface area contributed by atoms with Crippen molar-refractivity contribution in [3.8, 4) is 40.4 Å². The van der Waals surface area contributed by atoms with Crippen LogP contribution in [0.1, 0.15) is 23.8 Å². The molecule has 3 N–H and O–H groups in total. The third kappa shape index (κ3) is 4.58. The molecule has 1 aliphatic heterocycles. The number of carbonyl (C=O) groups excluding carboxylic acids is 1. The number of anilines is 1. The molecule has 176 valence electrons. The largest absolute Gasteiger partial charge is 0.414 e. The fourth-order valence-corrected chi connectivity index (χ4v) is 3.93. The second-order valence-electron chi connectivity index (χ2n) is 8.04. The molecule has 0 bridgehead atoms. The van der Waals surface area contributed by atoms with E-state index in [1.807, 2.05) is 30.3 Å². The summed E-state index contributed by atoms with van der Waals surface area (Å²) in [6, 6.07) is 16.5. The molecule has 1 saturated heterocycles. The van der Waals surface area contributed by atoms with Gasteiger partial charge >= 0.3 is 0 Å². The lowest BCUT2D eigenvalue weighted by molar-refractivity contribution is 0.0766. The fourth-order valence-electron chi connectivity index (χ4n) is 3.93. The van der Waals surface area contributed by atoms with Gasteiger partial charge in [0.05, 0.1) is 23.5 Å². The van der Waals surface area contributed by atoms with E-state index in [4.69, 9.17) is 10.2 Å². The molecule has 0 aliphatic carbocycles. The van der Waals surface area contributed by atoms with Crippen molar-refractivity contribution in [3.63, 3.8) is 0 Å². The first-order chi connectivity index (χ1) is 17.1. The Hall–Kier alpha value is -4.62. The fraction of sp³-hybridized carbons (Fsp3) is 0.200. The minimum absolute atomic E-state index is 0. The summed E-state index contributed by atoms with van der Waals surface area (Å²) in [7, 11) is 0. The minimum Gasteiger partial charge on any atom is -0.414 e. The molecule has 0 atom stereocenters. The van der Waals surface area contributed by atoms with Crippen molar-refractivity contribution < 1.29 is 10.6 Å². The van der Waals surface area contributed by atoms with Gasteiger partial charge in [0.25, 0.3) is 11.8 Å². The van der Waals surface area contributed by atoms with Crippen LogP contribution in [0.2, 0.25) is 0 Å². The lowest BCUT2D eigenvalue weighted by atomic mass is 10.0. The number of nitriles is 1. The number of amides is 1. The molecule has 0 radical (unpaired) electrons. The average Bonchev–Trinajstić information content (AvgIpc) is 3.23.